The molecule has 2 aromatic rings. The summed E-state index contributed by atoms with van der Waals surface area (Å²) in [6, 6.07) is 6.78. The smallest absolute Gasteiger partial charge is 0.137 e. The Morgan fingerprint density at radius 3 is 3.00 bits per heavy atom. The predicted octanol–water partition coefficient (Wildman–Crippen LogP) is 3.25. The maximum atomic E-state index is 4.64. The fourth-order valence-electron chi connectivity index (χ4n) is 3.42. The number of aromatic nitrogens is 2. The molecule has 1 aliphatic rings. The molecule has 1 saturated carbocycles. The molecule has 19 heavy (non-hydrogen) atoms. The van der Waals surface area contributed by atoms with Crippen molar-refractivity contribution in [1.29, 1.82) is 0 Å². The van der Waals surface area contributed by atoms with E-state index in [4.69, 9.17) is 0 Å². The van der Waals surface area contributed by atoms with Gasteiger partial charge in [-0.2, -0.15) is 0 Å². The first kappa shape index (κ1) is 12.7. The Morgan fingerprint density at radius 1 is 1.37 bits per heavy atom. The lowest BCUT2D eigenvalue weighted by molar-refractivity contribution is 0.343. The van der Waals surface area contributed by atoms with Crippen LogP contribution in [0.25, 0.3) is 5.65 Å². The third kappa shape index (κ3) is 2.52. The number of hydrogen-bond acceptors (Lipinski definition) is 2. The summed E-state index contributed by atoms with van der Waals surface area (Å²) in [6.45, 7) is 5.58. The number of imidazole rings is 1. The molecule has 0 saturated heterocycles. The summed E-state index contributed by atoms with van der Waals surface area (Å²) < 4.78 is 2.09. The van der Waals surface area contributed by atoms with E-state index in [1.165, 1.54) is 19.3 Å². The normalized spacial score (nSPS) is 27.2. The van der Waals surface area contributed by atoms with Crippen molar-refractivity contribution in [3.05, 3.63) is 36.3 Å². The van der Waals surface area contributed by atoms with Crippen LogP contribution in [0.2, 0.25) is 0 Å². The molecule has 102 valence electrons. The van der Waals surface area contributed by atoms with E-state index < -0.39 is 0 Å². The van der Waals surface area contributed by atoms with Crippen molar-refractivity contribution in [2.24, 2.45) is 11.8 Å². The Kier molecular flexibility index (Phi) is 3.56. The summed E-state index contributed by atoms with van der Waals surface area (Å²) in [4.78, 5) is 4.64. The molecule has 3 unspecified atom stereocenters. The Morgan fingerprint density at radius 2 is 2.26 bits per heavy atom. The Balaban J connectivity index is 1.63. The van der Waals surface area contributed by atoms with Crippen molar-refractivity contribution < 1.29 is 0 Å². The van der Waals surface area contributed by atoms with Crippen LogP contribution in [-0.2, 0) is 6.54 Å². The first-order valence-electron chi connectivity index (χ1n) is 7.44. The number of pyridine rings is 1. The summed E-state index contributed by atoms with van der Waals surface area (Å²) in [5, 5.41) is 3.70. The van der Waals surface area contributed by atoms with Crippen molar-refractivity contribution in [3.63, 3.8) is 0 Å². The molecule has 0 amide bonds. The van der Waals surface area contributed by atoms with E-state index in [9.17, 15) is 0 Å². The first-order valence-corrected chi connectivity index (χ1v) is 7.44. The maximum absolute atomic E-state index is 4.64. The minimum Gasteiger partial charge on any atom is -0.308 e. The SMILES string of the molecule is CCC1CCC(NCc2cn3ccccc3n2)C1C. The molecular weight excluding hydrogens is 234 g/mol. The van der Waals surface area contributed by atoms with E-state index in [-0.39, 0.29) is 0 Å². The third-order valence-corrected chi connectivity index (χ3v) is 4.71. The average molecular weight is 257 g/mol. The standard InChI is InChI=1S/C16H23N3/c1-3-13-7-8-15(12(13)2)17-10-14-11-19-9-5-4-6-16(19)18-14/h4-6,9,11-13,15,17H,3,7-8,10H2,1-2H3. The zero-order valence-electron chi connectivity index (χ0n) is 11.8. The molecule has 0 aromatic carbocycles. The lowest BCUT2D eigenvalue weighted by Gasteiger charge is -2.20. The largest absolute Gasteiger partial charge is 0.308 e. The van der Waals surface area contributed by atoms with Gasteiger partial charge in [-0.25, -0.2) is 4.98 Å². The molecule has 2 aromatic heterocycles. The summed E-state index contributed by atoms with van der Waals surface area (Å²) >= 11 is 0. The molecule has 1 aliphatic carbocycles. The van der Waals surface area contributed by atoms with Gasteiger partial charge in [0.2, 0.25) is 0 Å². The van der Waals surface area contributed by atoms with E-state index in [0.29, 0.717) is 6.04 Å². The lowest BCUT2D eigenvalue weighted by atomic mass is 9.93. The summed E-state index contributed by atoms with van der Waals surface area (Å²) in [7, 11) is 0. The van der Waals surface area contributed by atoms with Crippen LogP contribution in [0.4, 0.5) is 0 Å². The van der Waals surface area contributed by atoms with Crippen LogP contribution in [0.3, 0.4) is 0 Å². The van der Waals surface area contributed by atoms with Crippen LogP contribution >= 0.6 is 0 Å². The summed E-state index contributed by atoms with van der Waals surface area (Å²) in [5.41, 5.74) is 2.17. The van der Waals surface area contributed by atoms with Gasteiger partial charge < -0.3 is 9.72 Å². The van der Waals surface area contributed by atoms with Gasteiger partial charge >= 0.3 is 0 Å². The van der Waals surface area contributed by atoms with E-state index in [1.807, 2.05) is 12.1 Å². The molecule has 3 rings (SSSR count). The molecule has 1 N–H and O–H groups in total. The lowest BCUT2D eigenvalue weighted by Crippen LogP contribution is -2.32. The second-order valence-electron chi connectivity index (χ2n) is 5.79. The predicted molar refractivity (Wildman–Crippen MR) is 78.0 cm³/mol. The zero-order chi connectivity index (χ0) is 13.2. The van der Waals surface area contributed by atoms with E-state index in [1.54, 1.807) is 0 Å². The van der Waals surface area contributed by atoms with Gasteiger partial charge in [-0.3, -0.25) is 0 Å². The van der Waals surface area contributed by atoms with Gasteiger partial charge in [0.1, 0.15) is 5.65 Å². The van der Waals surface area contributed by atoms with E-state index >= 15 is 0 Å². The highest BCUT2D eigenvalue weighted by atomic mass is 15.0. The van der Waals surface area contributed by atoms with Crippen LogP contribution in [-0.4, -0.2) is 15.4 Å². The van der Waals surface area contributed by atoms with E-state index in [2.05, 4.69) is 47.0 Å². The molecule has 3 heteroatoms. The maximum Gasteiger partial charge on any atom is 0.137 e. The van der Waals surface area contributed by atoms with Gasteiger partial charge in [0.15, 0.2) is 0 Å². The van der Waals surface area contributed by atoms with Gasteiger partial charge in [0.05, 0.1) is 5.69 Å². The van der Waals surface area contributed by atoms with Gasteiger partial charge in [-0.1, -0.05) is 26.3 Å². The van der Waals surface area contributed by atoms with Crippen molar-refractivity contribution in [2.45, 2.75) is 45.7 Å². The Bertz CT molecular complexity index is 513. The van der Waals surface area contributed by atoms with Crippen LogP contribution in [0.1, 0.15) is 38.8 Å². The average Bonchev–Trinajstić information content (AvgIpc) is 2.99. The van der Waals surface area contributed by atoms with Crippen molar-refractivity contribution in [2.75, 3.05) is 0 Å². The van der Waals surface area contributed by atoms with Gasteiger partial charge in [0.25, 0.3) is 0 Å². The Hall–Kier alpha value is -1.35. The van der Waals surface area contributed by atoms with Crippen LogP contribution in [0.5, 0.6) is 0 Å². The quantitative estimate of drug-likeness (QED) is 0.911. The number of rotatable bonds is 4. The molecule has 1 fully saturated rings. The summed E-state index contributed by atoms with van der Waals surface area (Å²) in [5.74, 6) is 1.70. The van der Waals surface area contributed by atoms with Crippen molar-refractivity contribution in [3.8, 4) is 0 Å². The second-order valence-corrected chi connectivity index (χ2v) is 5.79. The number of hydrogen-bond donors (Lipinski definition) is 1. The van der Waals surface area contributed by atoms with Crippen molar-refractivity contribution >= 4 is 5.65 Å². The van der Waals surface area contributed by atoms with E-state index in [0.717, 1.165) is 29.7 Å². The molecule has 2 heterocycles. The Labute approximate surface area is 115 Å². The topological polar surface area (TPSA) is 29.3 Å². The molecular formula is C16H23N3. The highest BCUT2D eigenvalue weighted by molar-refractivity contribution is 5.39. The molecule has 0 spiro atoms. The zero-order valence-corrected chi connectivity index (χ0v) is 11.8. The fraction of sp³-hybridized carbons (Fsp3) is 0.562. The minimum atomic E-state index is 0.662. The fourth-order valence-corrected chi connectivity index (χ4v) is 3.42. The van der Waals surface area contributed by atoms with Crippen LogP contribution in [0, 0.1) is 11.8 Å². The van der Waals surface area contributed by atoms with Gasteiger partial charge in [-0.15, -0.1) is 0 Å². The molecule has 3 atom stereocenters. The number of nitrogens with one attached hydrogen (secondary N) is 1. The van der Waals surface area contributed by atoms with Gasteiger partial charge in [0, 0.05) is 25.0 Å². The molecule has 0 bridgehead atoms. The molecule has 0 radical (unpaired) electrons. The highest BCUT2D eigenvalue weighted by Gasteiger charge is 2.30. The third-order valence-electron chi connectivity index (χ3n) is 4.71. The van der Waals surface area contributed by atoms with Gasteiger partial charge in [-0.05, 0) is 36.8 Å². The highest BCUT2D eigenvalue weighted by Crippen LogP contribution is 2.33. The minimum absolute atomic E-state index is 0.662. The monoisotopic (exact) mass is 257 g/mol. The van der Waals surface area contributed by atoms with Crippen LogP contribution < -0.4 is 5.32 Å². The van der Waals surface area contributed by atoms with Crippen molar-refractivity contribution in [1.82, 2.24) is 14.7 Å². The molecule has 3 nitrogen and oxygen atoms in total. The van der Waals surface area contributed by atoms with Crippen LogP contribution in [0.15, 0.2) is 30.6 Å². The first-order chi connectivity index (χ1) is 9.28. The second kappa shape index (κ2) is 5.33. The molecule has 0 aliphatic heterocycles. The number of nitrogens with zero attached hydrogens (tertiary/aromatic N) is 2. The number of fused-ring (bicyclic) bond motifs is 1. The summed E-state index contributed by atoms with van der Waals surface area (Å²) in [6.07, 6.45) is 8.18.